The molecule has 0 radical (unpaired) electrons. The second-order valence-electron chi connectivity index (χ2n) is 7.20. The lowest BCUT2D eigenvalue weighted by atomic mass is 9.98. The van der Waals surface area contributed by atoms with Crippen LogP contribution in [0.15, 0.2) is 18.2 Å². The summed E-state index contributed by atoms with van der Waals surface area (Å²) in [6.07, 6.45) is -0.640. The van der Waals surface area contributed by atoms with Gasteiger partial charge in [0.25, 0.3) is 5.91 Å². The molecular formula is C19H27NO6S. The van der Waals surface area contributed by atoms with Gasteiger partial charge in [-0.1, -0.05) is 19.9 Å². The monoisotopic (exact) mass is 397 g/mol. The van der Waals surface area contributed by atoms with Crippen LogP contribution in [0.5, 0.6) is 5.75 Å². The maximum atomic E-state index is 12.0. The van der Waals surface area contributed by atoms with Crippen LogP contribution in [0.25, 0.3) is 0 Å². The summed E-state index contributed by atoms with van der Waals surface area (Å²) in [5, 5.41) is 2.60. The number of ether oxygens (including phenoxy) is 2. The maximum absolute atomic E-state index is 12.0. The Labute approximate surface area is 160 Å². The summed E-state index contributed by atoms with van der Waals surface area (Å²) in [6, 6.07) is 5.19. The summed E-state index contributed by atoms with van der Waals surface area (Å²) in [5.41, 5.74) is 2.29. The van der Waals surface area contributed by atoms with Gasteiger partial charge in [0.1, 0.15) is 5.75 Å². The summed E-state index contributed by atoms with van der Waals surface area (Å²) >= 11 is 0. The van der Waals surface area contributed by atoms with Crippen LogP contribution in [0.4, 0.5) is 0 Å². The Kier molecular flexibility index (Phi) is 6.86. The fourth-order valence-electron chi connectivity index (χ4n) is 3.04. The summed E-state index contributed by atoms with van der Waals surface area (Å²) in [6.45, 7) is 7.33. The van der Waals surface area contributed by atoms with Crippen LogP contribution in [0, 0.1) is 6.92 Å². The first-order valence-corrected chi connectivity index (χ1v) is 10.8. The van der Waals surface area contributed by atoms with Crippen molar-refractivity contribution in [1.29, 1.82) is 0 Å². The van der Waals surface area contributed by atoms with Gasteiger partial charge in [0, 0.05) is 6.04 Å². The minimum atomic E-state index is -3.08. The molecule has 0 saturated carbocycles. The smallest absolute Gasteiger partial charge is 0.344 e. The number of esters is 1. The molecule has 1 heterocycles. The van der Waals surface area contributed by atoms with Crippen molar-refractivity contribution in [3.63, 3.8) is 0 Å². The maximum Gasteiger partial charge on any atom is 0.344 e. The van der Waals surface area contributed by atoms with Crippen LogP contribution >= 0.6 is 0 Å². The molecule has 1 saturated heterocycles. The van der Waals surface area contributed by atoms with Gasteiger partial charge in [0.15, 0.2) is 22.5 Å². The van der Waals surface area contributed by atoms with Crippen LogP contribution in [0.1, 0.15) is 44.2 Å². The Morgan fingerprint density at radius 1 is 1.26 bits per heavy atom. The summed E-state index contributed by atoms with van der Waals surface area (Å²) in [5.74, 6) is -0.228. The third-order valence-corrected chi connectivity index (χ3v) is 6.24. The molecule has 0 aromatic heterocycles. The SMILES string of the molecule is Cc1cc(OCC(=O)O[C@H](C)C(=O)N[C@H]2CCS(=O)(=O)C2)ccc1C(C)C. The van der Waals surface area contributed by atoms with Crippen molar-refractivity contribution in [2.45, 2.75) is 52.2 Å². The third-order valence-electron chi connectivity index (χ3n) is 4.48. The van der Waals surface area contributed by atoms with Crippen LogP contribution in [-0.4, -0.2) is 50.6 Å². The molecule has 8 heteroatoms. The van der Waals surface area contributed by atoms with Gasteiger partial charge >= 0.3 is 5.97 Å². The second kappa shape index (κ2) is 8.73. The van der Waals surface area contributed by atoms with Crippen molar-refractivity contribution >= 4 is 21.7 Å². The standard InChI is InChI=1S/C19H27NO6S/c1-12(2)17-6-5-16(9-13(17)3)25-10-18(21)26-14(4)19(22)20-15-7-8-27(23,24)11-15/h5-6,9,12,14-15H,7-8,10-11H2,1-4H3,(H,20,22)/t14-,15+/m1/s1. The van der Waals surface area contributed by atoms with Crippen molar-refractivity contribution in [3.05, 3.63) is 29.3 Å². The van der Waals surface area contributed by atoms with E-state index < -0.39 is 33.9 Å². The molecule has 1 amide bonds. The molecule has 0 bridgehead atoms. The van der Waals surface area contributed by atoms with E-state index >= 15 is 0 Å². The lowest BCUT2D eigenvalue weighted by Crippen LogP contribution is -2.43. The molecule has 2 atom stereocenters. The number of rotatable bonds is 7. The zero-order valence-electron chi connectivity index (χ0n) is 16.2. The van der Waals surface area contributed by atoms with Gasteiger partial charge in [-0.25, -0.2) is 13.2 Å². The predicted octanol–water partition coefficient (Wildman–Crippen LogP) is 1.73. The first-order valence-electron chi connectivity index (χ1n) is 9.01. The molecule has 1 N–H and O–H groups in total. The first-order chi connectivity index (χ1) is 12.6. The number of carbonyl (C=O) groups is 2. The minimum absolute atomic E-state index is 0.0645. The number of aryl methyl sites for hydroxylation is 1. The first kappa shape index (κ1) is 21.2. The fourth-order valence-corrected chi connectivity index (χ4v) is 4.71. The Balaban J connectivity index is 1.79. The van der Waals surface area contributed by atoms with Gasteiger partial charge in [-0.2, -0.15) is 0 Å². The van der Waals surface area contributed by atoms with E-state index in [9.17, 15) is 18.0 Å². The van der Waals surface area contributed by atoms with E-state index in [2.05, 4.69) is 19.2 Å². The van der Waals surface area contributed by atoms with Gasteiger partial charge < -0.3 is 14.8 Å². The minimum Gasteiger partial charge on any atom is -0.482 e. The highest BCUT2D eigenvalue weighted by molar-refractivity contribution is 7.91. The van der Waals surface area contributed by atoms with Gasteiger partial charge in [-0.15, -0.1) is 0 Å². The Morgan fingerprint density at radius 2 is 1.96 bits per heavy atom. The van der Waals surface area contributed by atoms with Gasteiger partial charge in [-0.3, -0.25) is 4.79 Å². The predicted molar refractivity (Wildman–Crippen MR) is 102 cm³/mol. The van der Waals surface area contributed by atoms with Crippen molar-refractivity contribution in [2.75, 3.05) is 18.1 Å². The van der Waals surface area contributed by atoms with E-state index in [1.54, 1.807) is 6.07 Å². The summed E-state index contributed by atoms with van der Waals surface area (Å²) < 4.78 is 33.3. The topological polar surface area (TPSA) is 98.8 Å². The highest BCUT2D eigenvalue weighted by Crippen LogP contribution is 2.23. The van der Waals surface area contributed by atoms with E-state index in [1.807, 2.05) is 19.1 Å². The van der Waals surface area contributed by atoms with Crippen LogP contribution < -0.4 is 10.1 Å². The largest absolute Gasteiger partial charge is 0.482 e. The van der Waals surface area contributed by atoms with Crippen LogP contribution in [0.3, 0.4) is 0 Å². The van der Waals surface area contributed by atoms with E-state index in [1.165, 1.54) is 12.5 Å². The lowest BCUT2D eigenvalue weighted by Gasteiger charge is -2.17. The molecule has 1 fully saturated rings. The molecule has 1 aromatic carbocycles. The Morgan fingerprint density at radius 3 is 2.52 bits per heavy atom. The van der Waals surface area contributed by atoms with E-state index in [0.717, 1.165) is 5.56 Å². The second-order valence-corrected chi connectivity index (χ2v) is 9.43. The molecule has 0 unspecified atom stereocenters. The van der Waals surface area contributed by atoms with Crippen LogP contribution in [0.2, 0.25) is 0 Å². The zero-order valence-corrected chi connectivity index (χ0v) is 17.0. The molecule has 1 aliphatic rings. The summed E-state index contributed by atoms with van der Waals surface area (Å²) in [4.78, 5) is 24.0. The fraction of sp³-hybridized carbons (Fsp3) is 0.579. The van der Waals surface area contributed by atoms with Crippen molar-refractivity contribution in [1.82, 2.24) is 5.32 Å². The van der Waals surface area contributed by atoms with Gasteiger partial charge in [0.05, 0.1) is 11.5 Å². The van der Waals surface area contributed by atoms with Crippen molar-refractivity contribution in [2.24, 2.45) is 0 Å². The molecular weight excluding hydrogens is 370 g/mol. The number of benzene rings is 1. The third kappa shape index (κ3) is 6.23. The number of hydrogen-bond donors (Lipinski definition) is 1. The van der Waals surface area contributed by atoms with E-state index in [0.29, 0.717) is 18.1 Å². The number of sulfone groups is 1. The average molecular weight is 397 g/mol. The normalized spacial score (nSPS) is 19.5. The van der Waals surface area contributed by atoms with E-state index in [4.69, 9.17) is 9.47 Å². The number of nitrogens with one attached hydrogen (secondary N) is 1. The Bertz CT molecular complexity index is 802. The van der Waals surface area contributed by atoms with Crippen molar-refractivity contribution < 1.29 is 27.5 Å². The molecule has 150 valence electrons. The average Bonchev–Trinajstić information content (AvgIpc) is 2.91. The Hall–Kier alpha value is -2.09. The highest BCUT2D eigenvalue weighted by atomic mass is 32.2. The summed E-state index contributed by atoms with van der Waals surface area (Å²) in [7, 11) is -3.08. The van der Waals surface area contributed by atoms with Gasteiger partial charge in [-0.05, 0) is 49.4 Å². The number of carbonyl (C=O) groups excluding carboxylic acids is 2. The molecule has 27 heavy (non-hydrogen) atoms. The zero-order chi connectivity index (χ0) is 20.2. The molecule has 1 aliphatic heterocycles. The highest BCUT2D eigenvalue weighted by Gasteiger charge is 2.30. The van der Waals surface area contributed by atoms with Crippen LogP contribution in [-0.2, 0) is 24.2 Å². The van der Waals surface area contributed by atoms with Crippen molar-refractivity contribution in [3.8, 4) is 5.75 Å². The van der Waals surface area contributed by atoms with Gasteiger partial charge in [0.2, 0.25) is 0 Å². The molecule has 1 aromatic rings. The number of amides is 1. The lowest BCUT2D eigenvalue weighted by molar-refractivity contribution is -0.156. The molecule has 2 rings (SSSR count). The molecule has 0 spiro atoms. The van der Waals surface area contributed by atoms with E-state index in [-0.39, 0.29) is 18.1 Å². The number of hydrogen-bond acceptors (Lipinski definition) is 6. The molecule has 7 nitrogen and oxygen atoms in total. The molecule has 0 aliphatic carbocycles. The quantitative estimate of drug-likeness (QED) is 0.704.